The standard InChI is InChI=1S/C17H18FN3O5S/c1-26-17-14(18)8-12(9-16(17)21(22)23)27(24,25)20-15-4-2-3-10-7-11(19)5-6-13(10)15/h5-9,15,20H,2-4,19H2,1H3. The van der Waals surface area contributed by atoms with Crippen molar-refractivity contribution in [1.82, 2.24) is 4.72 Å². The lowest BCUT2D eigenvalue weighted by molar-refractivity contribution is -0.386. The summed E-state index contributed by atoms with van der Waals surface area (Å²) in [4.78, 5) is 9.71. The Labute approximate surface area is 155 Å². The Morgan fingerprint density at radius 2 is 2.07 bits per heavy atom. The molecule has 0 spiro atoms. The summed E-state index contributed by atoms with van der Waals surface area (Å²) in [6, 6.07) is 6.21. The first kappa shape index (κ1) is 19.1. The zero-order chi connectivity index (χ0) is 19.8. The van der Waals surface area contributed by atoms with Crippen LogP contribution in [0.25, 0.3) is 0 Å². The molecule has 1 atom stereocenters. The van der Waals surface area contributed by atoms with Gasteiger partial charge in [0.25, 0.3) is 0 Å². The molecule has 0 amide bonds. The Kier molecular flexibility index (Phi) is 5.03. The van der Waals surface area contributed by atoms with Gasteiger partial charge in [-0.25, -0.2) is 17.5 Å². The Hall–Kier alpha value is -2.72. The number of fused-ring (bicyclic) bond motifs is 1. The van der Waals surface area contributed by atoms with Gasteiger partial charge in [-0.15, -0.1) is 0 Å². The van der Waals surface area contributed by atoms with Crippen LogP contribution in [0.4, 0.5) is 15.8 Å². The molecular formula is C17H18FN3O5S. The zero-order valence-electron chi connectivity index (χ0n) is 14.4. The SMILES string of the molecule is COc1c(F)cc(S(=O)(=O)NC2CCCc3cc(N)ccc32)cc1[N+](=O)[O-]. The van der Waals surface area contributed by atoms with Crippen LogP contribution in [0.5, 0.6) is 5.75 Å². The summed E-state index contributed by atoms with van der Waals surface area (Å²) in [6.07, 6.45) is 2.08. The third-order valence-corrected chi connectivity index (χ3v) is 5.94. The normalized spacial score (nSPS) is 16.6. The van der Waals surface area contributed by atoms with Crippen LogP contribution >= 0.6 is 0 Å². The highest BCUT2D eigenvalue weighted by molar-refractivity contribution is 7.89. The number of nitrogens with two attached hydrogens (primary N) is 1. The fourth-order valence-corrected chi connectivity index (χ4v) is 4.54. The van der Waals surface area contributed by atoms with Crippen LogP contribution in [0.3, 0.4) is 0 Å². The minimum atomic E-state index is -4.20. The third-order valence-electron chi connectivity index (χ3n) is 4.49. The third kappa shape index (κ3) is 3.71. The molecule has 1 unspecified atom stereocenters. The smallest absolute Gasteiger partial charge is 0.315 e. The van der Waals surface area contributed by atoms with Gasteiger partial charge in [0, 0.05) is 17.8 Å². The predicted octanol–water partition coefficient (Wildman–Crippen LogP) is 2.68. The van der Waals surface area contributed by atoms with Gasteiger partial charge in [-0.1, -0.05) is 6.07 Å². The number of rotatable bonds is 5. The maximum atomic E-state index is 14.1. The van der Waals surface area contributed by atoms with Gasteiger partial charge in [-0.3, -0.25) is 10.1 Å². The van der Waals surface area contributed by atoms with Crippen LogP contribution in [-0.4, -0.2) is 20.5 Å². The Morgan fingerprint density at radius 1 is 1.33 bits per heavy atom. The topological polar surface area (TPSA) is 125 Å². The Bertz CT molecular complexity index is 1010. The molecular weight excluding hydrogens is 377 g/mol. The lowest BCUT2D eigenvalue weighted by Gasteiger charge is -2.26. The van der Waals surface area contributed by atoms with E-state index in [9.17, 15) is 22.9 Å². The number of anilines is 1. The van der Waals surface area contributed by atoms with Gasteiger partial charge in [-0.2, -0.15) is 0 Å². The van der Waals surface area contributed by atoms with E-state index in [-0.39, 0.29) is 0 Å². The van der Waals surface area contributed by atoms with E-state index >= 15 is 0 Å². The summed E-state index contributed by atoms with van der Waals surface area (Å²) < 4.78 is 46.8. The highest BCUT2D eigenvalue weighted by Gasteiger charge is 2.30. The largest absolute Gasteiger partial charge is 0.488 e. The molecule has 2 aromatic carbocycles. The van der Waals surface area contributed by atoms with Crippen LogP contribution in [0.1, 0.15) is 30.0 Å². The molecule has 27 heavy (non-hydrogen) atoms. The first-order valence-electron chi connectivity index (χ1n) is 8.15. The average Bonchev–Trinajstić information content (AvgIpc) is 2.60. The molecule has 10 heteroatoms. The number of methoxy groups -OCH3 is 1. The van der Waals surface area contributed by atoms with Gasteiger partial charge >= 0.3 is 5.69 Å². The number of nitrogens with one attached hydrogen (secondary N) is 1. The second kappa shape index (κ2) is 7.12. The second-order valence-electron chi connectivity index (χ2n) is 6.24. The fraction of sp³-hybridized carbons (Fsp3) is 0.294. The molecule has 0 saturated carbocycles. The number of benzene rings is 2. The summed E-state index contributed by atoms with van der Waals surface area (Å²) in [5.74, 6) is -1.73. The summed E-state index contributed by atoms with van der Waals surface area (Å²) >= 11 is 0. The molecule has 0 aromatic heterocycles. The monoisotopic (exact) mass is 395 g/mol. The molecule has 0 aliphatic heterocycles. The van der Waals surface area contributed by atoms with Crippen molar-refractivity contribution in [2.24, 2.45) is 0 Å². The van der Waals surface area contributed by atoms with Crippen LogP contribution in [0.2, 0.25) is 0 Å². The molecule has 0 fully saturated rings. The second-order valence-corrected chi connectivity index (χ2v) is 7.95. The summed E-state index contributed by atoms with van der Waals surface area (Å²) in [6.45, 7) is 0. The number of nitro groups is 1. The number of nitrogen functional groups attached to an aromatic ring is 1. The van der Waals surface area contributed by atoms with Gasteiger partial charge in [-0.05, 0) is 48.6 Å². The molecule has 3 N–H and O–H groups in total. The number of hydrogen-bond donors (Lipinski definition) is 2. The highest BCUT2D eigenvalue weighted by Crippen LogP contribution is 2.35. The fourth-order valence-electron chi connectivity index (χ4n) is 3.26. The first-order valence-corrected chi connectivity index (χ1v) is 9.64. The number of hydrogen-bond acceptors (Lipinski definition) is 6. The van der Waals surface area contributed by atoms with Gasteiger partial charge in [0.05, 0.1) is 16.9 Å². The summed E-state index contributed by atoms with van der Waals surface area (Å²) in [5.41, 5.74) is 7.35. The molecule has 144 valence electrons. The van der Waals surface area contributed by atoms with Crippen molar-refractivity contribution in [3.63, 3.8) is 0 Å². The zero-order valence-corrected chi connectivity index (χ0v) is 15.3. The predicted molar refractivity (Wildman–Crippen MR) is 96.5 cm³/mol. The minimum absolute atomic E-state index is 0.524. The lowest BCUT2D eigenvalue weighted by Crippen LogP contribution is -2.31. The van der Waals surface area contributed by atoms with Crippen molar-refractivity contribution in [1.29, 1.82) is 0 Å². The molecule has 2 aromatic rings. The van der Waals surface area contributed by atoms with Gasteiger partial charge < -0.3 is 10.5 Å². The van der Waals surface area contributed by atoms with E-state index in [0.717, 1.165) is 37.1 Å². The van der Waals surface area contributed by atoms with E-state index in [4.69, 9.17) is 5.73 Å². The maximum absolute atomic E-state index is 14.1. The summed E-state index contributed by atoms with van der Waals surface area (Å²) in [5, 5.41) is 11.1. The van der Waals surface area contributed by atoms with Gasteiger partial charge in [0.2, 0.25) is 15.8 Å². The van der Waals surface area contributed by atoms with Crippen LogP contribution in [0, 0.1) is 15.9 Å². The number of sulfonamides is 1. The van der Waals surface area contributed by atoms with E-state index < -0.39 is 43.1 Å². The maximum Gasteiger partial charge on any atom is 0.315 e. The number of aryl methyl sites for hydroxylation is 1. The number of nitrogens with zero attached hydrogens (tertiary/aromatic N) is 1. The lowest BCUT2D eigenvalue weighted by atomic mass is 9.88. The van der Waals surface area contributed by atoms with E-state index in [1.54, 1.807) is 18.2 Å². The van der Waals surface area contributed by atoms with Crippen LogP contribution in [0.15, 0.2) is 35.2 Å². The van der Waals surface area contributed by atoms with E-state index in [0.29, 0.717) is 18.2 Å². The minimum Gasteiger partial charge on any atom is -0.488 e. The number of halogens is 1. The highest BCUT2D eigenvalue weighted by atomic mass is 32.2. The van der Waals surface area contributed by atoms with Gasteiger partial charge in [0.1, 0.15) is 0 Å². The molecule has 3 rings (SSSR count). The molecule has 0 saturated heterocycles. The number of nitro benzene ring substituents is 1. The van der Waals surface area contributed by atoms with E-state index in [1.807, 2.05) is 0 Å². The number of ether oxygens (including phenoxy) is 1. The van der Waals surface area contributed by atoms with E-state index in [2.05, 4.69) is 9.46 Å². The first-order chi connectivity index (χ1) is 12.7. The van der Waals surface area contributed by atoms with Crippen molar-refractivity contribution >= 4 is 21.4 Å². The Morgan fingerprint density at radius 3 is 2.74 bits per heavy atom. The molecule has 1 aliphatic carbocycles. The molecule has 0 radical (unpaired) electrons. The van der Waals surface area contributed by atoms with Crippen molar-refractivity contribution in [2.75, 3.05) is 12.8 Å². The quantitative estimate of drug-likeness (QED) is 0.456. The van der Waals surface area contributed by atoms with Gasteiger partial charge in [0.15, 0.2) is 5.82 Å². The van der Waals surface area contributed by atoms with Crippen LogP contribution < -0.4 is 15.2 Å². The van der Waals surface area contributed by atoms with Crippen LogP contribution in [-0.2, 0) is 16.4 Å². The molecule has 0 heterocycles. The van der Waals surface area contributed by atoms with Crippen molar-refractivity contribution in [2.45, 2.75) is 30.2 Å². The van der Waals surface area contributed by atoms with Crippen molar-refractivity contribution in [3.05, 3.63) is 57.4 Å². The average molecular weight is 395 g/mol. The molecule has 0 bridgehead atoms. The molecule has 1 aliphatic rings. The van der Waals surface area contributed by atoms with Crippen molar-refractivity contribution in [3.8, 4) is 5.75 Å². The van der Waals surface area contributed by atoms with E-state index in [1.165, 1.54) is 0 Å². The Balaban J connectivity index is 1.98. The van der Waals surface area contributed by atoms with Crippen molar-refractivity contribution < 1.29 is 22.5 Å². The molecule has 8 nitrogen and oxygen atoms in total. The summed E-state index contributed by atoms with van der Waals surface area (Å²) in [7, 11) is -3.13.